The van der Waals surface area contributed by atoms with Gasteiger partial charge in [-0.3, -0.25) is 4.79 Å². The van der Waals surface area contributed by atoms with Crippen molar-refractivity contribution >= 4 is 34.5 Å². The molecule has 0 bridgehead atoms. The van der Waals surface area contributed by atoms with E-state index in [1.54, 1.807) is 35.7 Å². The first kappa shape index (κ1) is 11.9. The lowest BCUT2D eigenvalue weighted by Gasteiger charge is -2.06. The third-order valence-corrected chi connectivity index (χ3v) is 3.27. The van der Waals surface area contributed by atoms with Gasteiger partial charge in [0.2, 0.25) is 5.91 Å². The van der Waals surface area contributed by atoms with Crippen molar-refractivity contribution in [1.29, 1.82) is 0 Å². The molecule has 0 aliphatic heterocycles. The van der Waals surface area contributed by atoms with Crippen molar-refractivity contribution in [2.75, 3.05) is 5.32 Å². The third-order valence-electron chi connectivity index (χ3n) is 2.16. The van der Waals surface area contributed by atoms with Gasteiger partial charge < -0.3 is 11.1 Å². The molecule has 0 spiro atoms. The molecule has 6 heteroatoms. The predicted octanol–water partition coefficient (Wildman–Crippen LogP) is 2.51. The normalized spacial score (nSPS) is 10.2. The van der Waals surface area contributed by atoms with Gasteiger partial charge in [-0.15, -0.1) is 11.3 Å². The van der Waals surface area contributed by atoms with Crippen molar-refractivity contribution in [3.63, 3.8) is 0 Å². The van der Waals surface area contributed by atoms with Crippen LogP contribution in [0.4, 0.5) is 5.69 Å². The Morgan fingerprint density at radius 2 is 2.35 bits per heavy atom. The van der Waals surface area contributed by atoms with Crippen molar-refractivity contribution < 1.29 is 4.79 Å². The van der Waals surface area contributed by atoms with Gasteiger partial charge >= 0.3 is 0 Å². The number of aromatic nitrogens is 1. The molecule has 1 aromatic carbocycles. The minimum atomic E-state index is -0.534. The quantitative estimate of drug-likeness (QED) is 0.894. The minimum absolute atomic E-state index is 0.316. The van der Waals surface area contributed by atoms with Crippen LogP contribution < -0.4 is 11.1 Å². The average Bonchev–Trinajstić information content (AvgIpc) is 2.80. The van der Waals surface area contributed by atoms with E-state index in [1.807, 2.05) is 5.38 Å². The molecule has 0 atom stereocenters. The van der Waals surface area contributed by atoms with Crippen LogP contribution in [0.5, 0.6) is 0 Å². The fraction of sp³-hybridized carbons (Fsp3) is 0.0909. The van der Waals surface area contributed by atoms with E-state index < -0.39 is 5.91 Å². The maximum absolute atomic E-state index is 11.1. The molecule has 0 fully saturated rings. The zero-order valence-corrected chi connectivity index (χ0v) is 10.4. The lowest BCUT2D eigenvalue weighted by Crippen LogP contribution is -2.12. The molecule has 1 heterocycles. The maximum atomic E-state index is 11.1. The highest BCUT2D eigenvalue weighted by molar-refractivity contribution is 7.09. The number of rotatable bonds is 4. The number of hydrogen-bond donors (Lipinski definition) is 2. The van der Waals surface area contributed by atoms with Gasteiger partial charge in [0.15, 0.2) is 0 Å². The molecule has 0 saturated heterocycles. The summed E-state index contributed by atoms with van der Waals surface area (Å²) in [6.45, 7) is 0.609. The van der Waals surface area contributed by atoms with E-state index in [4.69, 9.17) is 17.3 Å². The van der Waals surface area contributed by atoms with Gasteiger partial charge in [0.05, 0.1) is 17.1 Å². The number of hydrogen-bond acceptors (Lipinski definition) is 4. The molecule has 0 radical (unpaired) electrons. The molecule has 0 aliphatic rings. The lowest BCUT2D eigenvalue weighted by atomic mass is 10.2. The molecule has 0 unspecified atom stereocenters. The number of amides is 1. The van der Waals surface area contributed by atoms with Crippen LogP contribution >= 0.6 is 22.9 Å². The monoisotopic (exact) mass is 267 g/mol. The Balaban J connectivity index is 2.11. The highest BCUT2D eigenvalue weighted by atomic mass is 35.5. The largest absolute Gasteiger partial charge is 0.379 e. The third kappa shape index (κ3) is 2.95. The summed E-state index contributed by atoms with van der Waals surface area (Å²) in [4.78, 5) is 15.3. The van der Waals surface area contributed by atoms with Crippen LogP contribution in [-0.2, 0) is 6.54 Å². The Hall–Kier alpha value is -1.59. The maximum Gasteiger partial charge on any atom is 0.250 e. The van der Waals surface area contributed by atoms with Crippen LogP contribution in [0.3, 0.4) is 0 Å². The van der Waals surface area contributed by atoms with Crippen LogP contribution in [0.2, 0.25) is 5.02 Å². The van der Waals surface area contributed by atoms with E-state index >= 15 is 0 Å². The van der Waals surface area contributed by atoms with E-state index in [9.17, 15) is 4.79 Å². The molecule has 1 amide bonds. The Morgan fingerprint density at radius 1 is 1.53 bits per heavy atom. The molecule has 0 aliphatic carbocycles. The van der Waals surface area contributed by atoms with Crippen LogP contribution in [0.1, 0.15) is 15.4 Å². The standard InChI is InChI=1S/C11H10ClN3OS/c12-9-2-1-7(5-8(9)11(13)16)15-6-10-14-3-4-17-10/h1-5,15H,6H2,(H2,13,16). The molecular formula is C11H10ClN3OS. The van der Waals surface area contributed by atoms with Crippen molar-refractivity contribution in [3.8, 4) is 0 Å². The minimum Gasteiger partial charge on any atom is -0.379 e. The van der Waals surface area contributed by atoms with Crippen molar-refractivity contribution in [2.24, 2.45) is 5.73 Å². The second-order valence-corrected chi connectivity index (χ2v) is 4.72. The first-order chi connectivity index (χ1) is 8.16. The Morgan fingerprint density at radius 3 is 3.00 bits per heavy atom. The van der Waals surface area contributed by atoms with Crippen molar-refractivity contribution in [1.82, 2.24) is 4.98 Å². The Kier molecular flexibility index (Phi) is 3.61. The summed E-state index contributed by atoms with van der Waals surface area (Å²) in [5.41, 5.74) is 6.32. The molecule has 3 N–H and O–H groups in total. The van der Waals surface area contributed by atoms with Crippen LogP contribution in [0.15, 0.2) is 29.8 Å². The van der Waals surface area contributed by atoms with E-state index in [1.165, 1.54) is 0 Å². The summed E-state index contributed by atoms with van der Waals surface area (Å²) >= 11 is 7.42. The van der Waals surface area contributed by atoms with Gasteiger partial charge in [-0.05, 0) is 18.2 Å². The second-order valence-electron chi connectivity index (χ2n) is 3.34. The summed E-state index contributed by atoms with van der Waals surface area (Å²) in [6, 6.07) is 5.08. The van der Waals surface area contributed by atoms with Gasteiger partial charge in [-0.2, -0.15) is 0 Å². The molecule has 0 saturated carbocycles. The van der Waals surface area contributed by atoms with Crippen LogP contribution in [-0.4, -0.2) is 10.9 Å². The van der Waals surface area contributed by atoms with Gasteiger partial charge in [0, 0.05) is 17.3 Å². The number of nitrogens with zero attached hydrogens (tertiary/aromatic N) is 1. The summed E-state index contributed by atoms with van der Waals surface area (Å²) in [6.07, 6.45) is 1.75. The van der Waals surface area contributed by atoms with Crippen molar-refractivity contribution in [3.05, 3.63) is 45.4 Å². The zero-order chi connectivity index (χ0) is 12.3. The van der Waals surface area contributed by atoms with Crippen molar-refractivity contribution in [2.45, 2.75) is 6.54 Å². The summed E-state index contributed by atoms with van der Waals surface area (Å²) in [5, 5.41) is 6.39. The zero-order valence-electron chi connectivity index (χ0n) is 8.81. The van der Waals surface area contributed by atoms with E-state index in [0.717, 1.165) is 10.7 Å². The first-order valence-corrected chi connectivity index (χ1v) is 6.14. The topological polar surface area (TPSA) is 68.0 Å². The number of benzene rings is 1. The number of halogens is 1. The summed E-state index contributed by atoms with van der Waals surface area (Å²) in [5.74, 6) is -0.534. The summed E-state index contributed by atoms with van der Waals surface area (Å²) < 4.78 is 0. The smallest absolute Gasteiger partial charge is 0.250 e. The molecule has 17 heavy (non-hydrogen) atoms. The fourth-order valence-corrected chi connectivity index (χ4v) is 2.11. The number of nitrogens with one attached hydrogen (secondary N) is 1. The number of nitrogens with two attached hydrogens (primary N) is 1. The first-order valence-electron chi connectivity index (χ1n) is 4.88. The van der Waals surface area contributed by atoms with E-state index in [2.05, 4.69) is 10.3 Å². The Labute approximate surface area is 107 Å². The molecular weight excluding hydrogens is 258 g/mol. The van der Waals surface area contributed by atoms with E-state index in [0.29, 0.717) is 17.1 Å². The van der Waals surface area contributed by atoms with Gasteiger partial charge in [-0.1, -0.05) is 11.6 Å². The number of carbonyl (C=O) groups is 1. The molecule has 2 aromatic rings. The number of carbonyl (C=O) groups excluding carboxylic acids is 1. The predicted molar refractivity (Wildman–Crippen MR) is 69.4 cm³/mol. The van der Waals surface area contributed by atoms with E-state index in [-0.39, 0.29) is 0 Å². The second kappa shape index (κ2) is 5.16. The van der Waals surface area contributed by atoms with Crippen LogP contribution in [0, 0.1) is 0 Å². The summed E-state index contributed by atoms with van der Waals surface area (Å²) in [7, 11) is 0. The SMILES string of the molecule is NC(=O)c1cc(NCc2nccs2)ccc1Cl. The lowest BCUT2D eigenvalue weighted by molar-refractivity contribution is 0.100. The van der Waals surface area contributed by atoms with Gasteiger partial charge in [0.25, 0.3) is 0 Å². The molecule has 88 valence electrons. The highest BCUT2D eigenvalue weighted by Gasteiger charge is 2.07. The number of primary amides is 1. The molecule has 1 aromatic heterocycles. The number of anilines is 1. The fourth-order valence-electron chi connectivity index (χ4n) is 1.34. The molecule has 2 rings (SSSR count). The van der Waals surface area contributed by atoms with Gasteiger partial charge in [-0.25, -0.2) is 4.98 Å². The Bertz CT molecular complexity index is 528. The average molecular weight is 268 g/mol. The molecule has 4 nitrogen and oxygen atoms in total. The van der Waals surface area contributed by atoms with Gasteiger partial charge in [0.1, 0.15) is 5.01 Å². The highest BCUT2D eigenvalue weighted by Crippen LogP contribution is 2.20. The number of thiazole rings is 1. The van der Waals surface area contributed by atoms with Crippen LogP contribution in [0.25, 0.3) is 0 Å².